The summed E-state index contributed by atoms with van der Waals surface area (Å²) in [5.74, 6) is 2.16. The van der Waals surface area contributed by atoms with Gasteiger partial charge in [-0.3, -0.25) is 4.79 Å². The third-order valence-electron chi connectivity index (χ3n) is 4.32. The van der Waals surface area contributed by atoms with Crippen LogP contribution in [0.25, 0.3) is 0 Å². The van der Waals surface area contributed by atoms with E-state index in [1.807, 2.05) is 39.9 Å². The number of carbonyl (C=O) groups excluding carboxylic acids is 1. The number of nitrogens with zero attached hydrogens (tertiary/aromatic N) is 1. The molecule has 1 aromatic carbocycles. The Morgan fingerprint density at radius 2 is 2.00 bits per heavy atom. The molecule has 2 aromatic rings. The van der Waals surface area contributed by atoms with Crippen LogP contribution in [0.5, 0.6) is 17.2 Å². The van der Waals surface area contributed by atoms with Crippen molar-refractivity contribution in [3.63, 3.8) is 0 Å². The highest BCUT2D eigenvalue weighted by molar-refractivity contribution is 7.08. The van der Waals surface area contributed by atoms with Gasteiger partial charge in [0, 0.05) is 31.3 Å². The second kappa shape index (κ2) is 6.73. The Kier molecular flexibility index (Phi) is 4.30. The molecule has 0 atom stereocenters. The van der Waals surface area contributed by atoms with E-state index in [9.17, 15) is 4.79 Å². The number of piperidine rings is 1. The maximum Gasteiger partial charge on any atom is 0.257 e. The van der Waals surface area contributed by atoms with E-state index in [1.54, 1.807) is 11.3 Å². The van der Waals surface area contributed by atoms with Gasteiger partial charge in [0.1, 0.15) is 25.1 Å². The monoisotopic (exact) mass is 345 g/mol. The normalized spacial score (nSPS) is 17.6. The van der Waals surface area contributed by atoms with Crippen LogP contribution in [-0.2, 0) is 0 Å². The molecule has 1 saturated heterocycles. The minimum Gasteiger partial charge on any atom is -0.489 e. The molecule has 126 valence electrons. The van der Waals surface area contributed by atoms with Crippen LogP contribution in [0.2, 0.25) is 0 Å². The number of amides is 1. The molecule has 1 aromatic heterocycles. The molecular formula is C18H19NO4S. The van der Waals surface area contributed by atoms with Gasteiger partial charge in [0.05, 0.1) is 5.56 Å². The molecule has 0 spiro atoms. The van der Waals surface area contributed by atoms with E-state index >= 15 is 0 Å². The standard InChI is InChI=1S/C18H19NO4S/c20-18(15-2-1-3-16-17(15)22-10-9-21-16)19-7-4-13(5-8-19)23-14-6-11-24-12-14/h1-3,6,11-13H,4-5,7-10H2. The summed E-state index contributed by atoms with van der Waals surface area (Å²) in [6.07, 6.45) is 1.86. The first-order valence-electron chi connectivity index (χ1n) is 8.18. The lowest BCUT2D eigenvalue weighted by Gasteiger charge is -2.32. The SMILES string of the molecule is O=C(c1cccc2c1OCCO2)N1CCC(Oc2ccsc2)CC1. The molecule has 0 radical (unpaired) electrons. The maximum atomic E-state index is 12.8. The summed E-state index contributed by atoms with van der Waals surface area (Å²) in [5, 5.41) is 4.01. The number of fused-ring (bicyclic) bond motifs is 1. The molecule has 0 unspecified atom stereocenters. The molecule has 5 nitrogen and oxygen atoms in total. The van der Waals surface area contributed by atoms with Gasteiger partial charge in [-0.2, -0.15) is 0 Å². The largest absolute Gasteiger partial charge is 0.489 e. The average molecular weight is 345 g/mol. The summed E-state index contributed by atoms with van der Waals surface area (Å²) in [4.78, 5) is 14.7. The van der Waals surface area contributed by atoms with E-state index in [0.29, 0.717) is 43.4 Å². The first-order valence-corrected chi connectivity index (χ1v) is 9.12. The summed E-state index contributed by atoms with van der Waals surface area (Å²) in [5.41, 5.74) is 0.587. The van der Waals surface area contributed by atoms with Crippen LogP contribution < -0.4 is 14.2 Å². The van der Waals surface area contributed by atoms with Crippen molar-refractivity contribution in [1.82, 2.24) is 4.90 Å². The summed E-state index contributed by atoms with van der Waals surface area (Å²) < 4.78 is 17.2. The molecule has 3 heterocycles. The lowest BCUT2D eigenvalue weighted by atomic mass is 10.1. The highest BCUT2D eigenvalue weighted by Gasteiger charge is 2.28. The van der Waals surface area contributed by atoms with Crippen LogP contribution in [0.4, 0.5) is 0 Å². The number of para-hydroxylation sites is 1. The molecule has 0 saturated carbocycles. The second-order valence-electron chi connectivity index (χ2n) is 5.90. The Bertz CT molecular complexity index is 708. The number of thiophene rings is 1. The molecule has 1 amide bonds. The first kappa shape index (κ1) is 15.3. The lowest BCUT2D eigenvalue weighted by molar-refractivity contribution is 0.0588. The molecule has 4 rings (SSSR count). The zero-order chi connectivity index (χ0) is 16.4. The van der Waals surface area contributed by atoms with Gasteiger partial charge in [0.2, 0.25) is 0 Å². The van der Waals surface area contributed by atoms with Gasteiger partial charge >= 0.3 is 0 Å². The van der Waals surface area contributed by atoms with Crippen LogP contribution in [0.3, 0.4) is 0 Å². The van der Waals surface area contributed by atoms with Gasteiger partial charge in [-0.05, 0) is 23.6 Å². The van der Waals surface area contributed by atoms with Gasteiger partial charge in [-0.25, -0.2) is 0 Å². The van der Waals surface area contributed by atoms with Crippen molar-refractivity contribution in [2.24, 2.45) is 0 Å². The lowest BCUT2D eigenvalue weighted by Crippen LogP contribution is -2.42. The fraction of sp³-hybridized carbons (Fsp3) is 0.389. The number of carbonyl (C=O) groups is 1. The van der Waals surface area contributed by atoms with Gasteiger partial charge < -0.3 is 19.1 Å². The van der Waals surface area contributed by atoms with Crippen LogP contribution in [0.1, 0.15) is 23.2 Å². The van der Waals surface area contributed by atoms with Crippen molar-refractivity contribution in [2.75, 3.05) is 26.3 Å². The van der Waals surface area contributed by atoms with Crippen LogP contribution in [0, 0.1) is 0 Å². The van der Waals surface area contributed by atoms with Gasteiger partial charge in [-0.15, -0.1) is 11.3 Å². The number of ether oxygens (including phenoxy) is 3. The van der Waals surface area contributed by atoms with Crippen LogP contribution in [0.15, 0.2) is 35.0 Å². The summed E-state index contributed by atoms with van der Waals surface area (Å²) in [6.45, 7) is 2.39. The summed E-state index contributed by atoms with van der Waals surface area (Å²) >= 11 is 1.63. The van der Waals surface area contributed by atoms with E-state index in [1.165, 1.54) is 0 Å². The van der Waals surface area contributed by atoms with Crippen molar-refractivity contribution >= 4 is 17.2 Å². The molecule has 0 bridgehead atoms. The Balaban J connectivity index is 1.41. The van der Waals surface area contributed by atoms with E-state index in [-0.39, 0.29) is 12.0 Å². The number of hydrogen-bond donors (Lipinski definition) is 0. The number of hydrogen-bond acceptors (Lipinski definition) is 5. The molecular weight excluding hydrogens is 326 g/mol. The van der Waals surface area contributed by atoms with Crippen LogP contribution >= 0.6 is 11.3 Å². The molecule has 0 aliphatic carbocycles. The van der Waals surface area contributed by atoms with Crippen molar-refractivity contribution in [3.05, 3.63) is 40.6 Å². The minimum absolute atomic E-state index is 0.00586. The smallest absolute Gasteiger partial charge is 0.257 e. The topological polar surface area (TPSA) is 48.0 Å². The molecule has 6 heteroatoms. The highest BCUT2D eigenvalue weighted by Crippen LogP contribution is 2.34. The third kappa shape index (κ3) is 3.06. The van der Waals surface area contributed by atoms with Gasteiger partial charge in [0.15, 0.2) is 11.5 Å². The van der Waals surface area contributed by atoms with E-state index in [4.69, 9.17) is 14.2 Å². The van der Waals surface area contributed by atoms with E-state index in [0.717, 1.165) is 18.6 Å². The van der Waals surface area contributed by atoms with Gasteiger partial charge in [0.25, 0.3) is 5.91 Å². The Morgan fingerprint density at radius 3 is 2.79 bits per heavy atom. The second-order valence-corrected chi connectivity index (χ2v) is 6.68. The predicted octanol–water partition coefficient (Wildman–Crippen LogP) is 3.20. The zero-order valence-corrected chi connectivity index (χ0v) is 14.1. The third-order valence-corrected chi connectivity index (χ3v) is 4.99. The fourth-order valence-electron chi connectivity index (χ4n) is 3.10. The Hall–Kier alpha value is -2.21. The van der Waals surface area contributed by atoms with Gasteiger partial charge in [-0.1, -0.05) is 6.07 Å². The fourth-order valence-corrected chi connectivity index (χ4v) is 3.66. The zero-order valence-electron chi connectivity index (χ0n) is 13.3. The average Bonchev–Trinajstić information content (AvgIpc) is 3.14. The minimum atomic E-state index is 0.00586. The predicted molar refractivity (Wildman–Crippen MR) is 91.3 cm³/mol. The number of benzene rings is 1. The summed E-state index contributed by atoms with van der Waals surface area (Å²) in [7, 11) is 0. The number of likely N-dealkylation sites (tertiary alicyclic amines) is 1. The van der Waals surface area contributed by atoms with Crippen molar-refractivity contribution in [1.29, 1.82) is 0 Å². The van der Waals surface area contributed by atoms with E-state index < -0.39 is 0 Å². The molecule has 0 N–H and O–H groups in total. The van der Waals surface area contributed by atoms with Crippen molar-refractivity contribution in [2.45, 2.75) is 18.9 Å². The molecule has 24 heavy (non-hydrogen) atoms. The maximum absolute atomic E-state index is 12.8. The molecule has 2 aliphatic rings. The van der Waals surface area contributed by atoms with Crippen molar-refractivity contribution < 1.29 is 19.0 Å². The number of rotatable bonds is 3. The van der Waals surface area contributed by atoms with Crippen molar-refractivity contribution in [3.8, 4) is 17.2 Å². The first-order chi connectivity index (χ1) is 11.8. The summed E-state index contributed by atoms with van der Waals surface area (Å²) in [6, 6.07) is 7.47. The molecule has 1 fully saturated rings. The van der Waals surface area contributed by atoms with E-state index in [2.05, 4.69) is 0 Å². The Morgan fingerprint density at radius 1 is 1.17 bits per heavy atom. The molecule has 2 aliphatic heterocycles. The quantitative estimate of drug-likeness (QED) is 0.857. The van der Waals surface area contributed by atoms with Crippen LogP contribution in [-0.4, -0.2) is 43.2 Å². The Labute approximate surface area is 144 Å². The highest BCUT2D eigenvalue weighted by atomic mass is 32.1.